The monoisotopic (exact) mass is 178 g/mol. The molecular weight excluding hydrogens is 164 g/mol. The molecule has 1 aliphatic heterocycles. The van der Waals surface area contributed by atoms with E-state index in [1.807, 2.05) is 18.2 Å². The molecular formula is C10H14N2O. The highest BCUT2D eigenvalue weighted by Gasteiger charge is 2.23. The summed E-state index contributed by atoms with van der Waals surface area (Å²) in [6.07, 6.45) is 0. The molecule has 1 saturated heterocycles. The molecule has 1 heterocycles. The molecule has 0 aromatic heterocycles. The van der Waals surface area contributed by atoms with Crippen LogP contribution in [0.4, 0.5) is 5.69 Å². The number of rotatable bonds is 2. The van der Waals surface area contributed by atoms with Crippen LogP contribution in [0.3, 0.4) is 0 Å². The molecule has 3 heteroatoms. The molecule has 2 N–H and O–H groups in total. The van der Waals surface area contributed by atoms with E-state index in [0.29, 0.717) is 11.8 Å². The minimum Gasteiger partial charge on any atom is -0.506 e. The summed E-state index contributed by atoms with van der Waals surface area (Å²) in [6.45, 7) is 2.10. The fraction of sp³-hybridized carbons (Fsp3) is 0.400. The highest BCUT2D eigenvalue weighted by Crippen LogP contribution is 2.23. The Morgan fingerprint density at radius 1 is 1.38 bits per heavy atom. The SMILES string of the molecule is CN1CC(Nc2ccccc2O)C1. The van der Waals surface area contributed by atoms with Gasteiger partial charge in [0.2, 0.25) is 0 Å². The molecule has 0 saturated carbocycles. The van der Waals surface area contributed by atoms with Gasteiger partial charge in [0.15, 0.2) is 0 Å². The number of hydrogen-bond acceptors (Lipinski definition) is 3. The van der Waals surface area contributed by atoms with Gasteiger partial charge in [-0.15, -0.1) is 0 Å². The lowest BCUT2D eigenvalue weighted by molar-refractivity contribution is 0.205. The second kappa shape index (κ2) is 3.26. The highest BCUT2D eigenvalue weighted by molar-refractivity contribution is 5.56. The lowest BCUT2D eigenvalue weighted by Gasteiger charge is -2.37. The van der Waals surface area contributed by atoms with Gasteiger partial charge in [0.05, 0.1) is 11.7 Å². The molecule has 1 aromatic rings. The van der Waals surface area contributed by atoms with Crippen LogP contribution in [0.2, 0.25) is 0 Å². The summed E-state index contributed by atoms with van der Waals surface area (Å²) in [7, 11) is 2.09. The van der Waals surface area contributed by atoms with Crippen molar-refractivity contribution in [3.63, 3.8) is 0 Å². The second-order valence-corrected chi connectivity index (χ2v) is 3.58. The third-order valence-corrected chi connectivity index (χ3v) is 2.33. The van der Waals surface area contributed by atoms with Crippen LogP contribution in [0.25, 0.3) is 0 Å². The summed E-state index contributed by atoms with van der Waals surface area (Å²) in [5, 5.41) is 12.8. The van der Waals surface area contributed by atoms with Crippen molar-refractivity contribution in [1.29, 1.82) is 0 Å². The zero-order valence-electron chi connectivity index (χ0n) is 7.70. The first-order valence-corrected chi connectivity index (χ1v) is 4.49. The van der Waals surface area contributed by atoms with Gasteiger partial charge >= 0.3 is 0 Å². The minimum absolute atomic E-state index is 0.331. The molecule has 1 fully saturated rings. The van der Waals surface area contributed by atoms with Crippen LogP contribution in [0.15, 0.2) is 24.3 Å². The summed E-state index contributed by atoms with van der Waals surface area (Å²) < 4.78 is 0. The number of nitrogens with zero attached hydrogens (tertiary/aromatic N) is 1. The Kier molecular flexibility index (Phi) is 2.10. The molecule has 1 aromatic carbocycles. The predicted molar refractivity (Wildman–Crippen MR) is 53.0 cm³/mol. The average Bonchev–Trinajstić information content (AvgIpc) is 2.06. The lowest BCUT2D eigenvalue weighted by Crippen LogP contribution is -2.52. The number of aromatic hydroxyl groups is 1. The maximum Gasteiger partial charge on any atom is 0.138 e. The maximum atomic E-state index is 9.47. The van der Waals surface area contributed by atoms with Crippen molar-refractivity contribution in [3.8, 4) is 5.75 Å². The molecule has 0 unspecified atom stereocenters. The predicted octanol–water partition coefficient (Wildman–Crippen LogP) is 1.12. The lowest BCUT2D eigenvalue weighted by atomic mass is 10.1. The fourth-order valence-corrected chi connectivity index (χ4v) is 1.61. The van der Waals surface area contributed by atoms with E-state index in [2.05, 4.69) is 17.3 Å². The third kappa shape index (κ3) is 1.75. The van der Waals surface area contributed by atoms with Crippen molar-refractivity contribution in [3.05, 3.63) is 24.3 Å². The second-order valence-electron chi connectivity index (χ2n) is 3.58. The molecule has 3 nitrogen and oxygen atoms in total. The normalized spacial score (nSPS) is 18.2. The average molecular weight is 178 g/mol. The van der Waals surface area contributed by atoms with Crippen LogP contribution in [-0.4, -0.2) is 36.2 Å². The Hall–Kier alpha value is -1.22. The van der Waals surface area contributed by atoms with Crippen LogP contribution in [0, 0.1) is 0 Å². The molecule has 0 atom stereocenters. The topological polar surface area (TPSA) is 35.5 Å². The van der Waals surface area contributed by atoms with Gasteiger partial charge in [-0.2, -0.15) is 0 Å². The Morgan fingerprint density at radius 2 is 2.08 bits per heavy atom. The molecule has 0 amide bonds. The first kappa shape index (κ1) is 8.38. The largest absolute Gasteiger partial charge is 0.506 e. The summed E-state index contributed by atoms with van der Waals surface area (Å²) in [4.78, 5) is 2.23. The Balaban J connectivity index is 1.98. The minimum atomic E-state index is 0.331. The van der Waals surface area contributed by atoms with Gasteiger partial charge in [-0.3, -0.25) is 0 Å². The zero-order valence-corrected chi connectivity index (χ0v) is 7.70. The maximum absolute atomic E-state index is 9.47. The number of likely N-dealkylation sites (N-methyl/N-ethyl adjacent to an activating group) is 1. The summed E-state index contributed by atoms with van der Waals surface area (Å²) >= 11 is 0. The van der Waals surface area contributed by atoms with Crippen molar-refractivity contribution >= 4 is 5.69 Å². The van der Waals surface area contributed by atoms with Crippen molar-refractivity contribution in [1.82, 2.24) is 4.90 Å². The van der Waals surface area contributed by atoms with E-state index in [1.165, 1.54) is 0 Å². The smallest absolute Gasteiger partial charge is 0.138 e. The first-order valence-electron chi connectivity index (χ1n) is 4.49. The van der Waals surface area contributed by atoms with E-state index < -0.39 is 0 Å². The third-order valence-electron chi connectivity index (χ3n) is 2.33. The van der Waals surface area contributed by atoms with E-state index in [-0.39, 0.29) is 0 Å². The first-order chi connectivity index (χ1) is 6.25. The number of anilines is 1. The van der Waals surface area contributed by atoms with Crippen molar-refractivity contribution < 1.29 is 5.11 Å². The van der Waals surface area contributed by atoms with E-state index in [0.717, 1.165) is 18.8 Å². The van der Waals surface area contributed by atoms with Gasteiger partial charge in [-0.25, -0.2) is 0 Å². The number of nitrogens with one attached hydrogen (secondary N) is 1. The Bertz CT molecular complexity index is 295. The van der Waals surface area contributed by atoms with Gasteiger partial charge in [0.1, 0.15) is 5.75 Å². The molecule has 1 aliphatic rings. The van der Waals surface area contributed by atoms with Crippen molar-refractivity contribution in [2.45, 2.75) is 6.04 Å². The molecule has 0 radical (unpaired) electrons. The van der Waals surface area contributed by atoms with E-state index in [1.54, 1.807) is 6.07 Å². The molecule has 0 aliphatic carbocycles. The molecule has 2 rings (SSSR count). The number of phenolic OH excluding ortho intramolecular Hbond substituents is 1. The van der Waals surface area contributed by atoms with Gasteiger partial charge in [0, 0.05) is 13.1 Å². The zero-order chi connectivity index (χ0) is 9.26. The summed E-state index contributed by atoms with van der Waals surface area (Å²) in [6, 6.07) is 7.83. The highest BCUT2D eigenvalue weighted by atomic mass is 16.3. The molecule has 13 heavy (non-hydrogen) atoms. The number of para-hydroxylation sites is 2. The molecule has 0 spiro atoms. The van der Waals surface area contributed by atoms with Gasteiger partial charge in [-0.1, -0.05) is 12.1 Å². The summed E-state index contributed by atoms with van der Waals surface area (Å²) in [5.41, 5.74) is 0.834. The summed E-state index contributed by atoms with van der Waals surface area (Å²) in [5.74, 6) is 0.331. The van der Waals surface area contributed by atoms with Gasteiger partial charge < -0.3 is 15.3 Å². The van der Waals surface area contributed by atoms with Crippen LogP contribution in [0.5, 0.6) is 5.75 Å². The van der Waals surface area contributed by atoms with Crippen molar-refractivity contribution in [2.75, 3.05) is 25.5 Å². The van der Waals surface area contributed by atoms with Gasteiger partial charge in [-0.05, 0) is 19.2 Å². The molecule has 0 bridgehead atoms. The number of benzene rings is 1. The number of phenols is 1. The standard InChI is InChI=1S/C10H14N2O/c1-12-6-8(7-12)11-9-4-2-3-5-10(9)13/h2-5,8,11,13H,6-7H2,1H3. The van der Waals surface area contributed by atoms with Crippen LogP contribution >= 0.6 is 0 Å². The van der Waals surface area contributed by atoms with E-state index in [9.17, 15) is 5.11 Å². The fourth-order valence-electron chi connectivity index (χ4n) is 1.61. The van der Waals surface area contributed by atoms with Gasteiger partial charge in [0.25, 0.3) is 0 Å². The van der Waals surface area contributed by atoms with Crippen LogP contribution < -0.4 is 5.32 Å². The van der Waals surface area contributed by atoms with E-state index in [4.69, 9.17) is 0 Å². The number of hydrogen-bond donors (Lipinski definition) is 2. The Labute approximate surface area is 78.0 Å². The quantitative estimate of drug-likeness (QED) is 0.666. The number of likely N-dealkylation sites (tertiary alicyclic amines) is 1. The Morgan fingerprint density at radius 3 is 2.69 bits per heavy atom. The van der Waals surface area contributed by atoms with E-state index >= 15 is 0 Å². The van der Waals surface area contributed by atoms with Crippen LogP contribution in [-0.2, 0) is 0 Å². The van der Waals surface area contributed by atoms with Crippen LogP contribution in [0.1, 0.15) is 0 Å². The van der Waals surface area contributed by atoms with Crippen molar-refractivity contribution in [2.24, 2.45) is 0 Å². The molecule has 70 valence electrons.